The lowest BCUT2D eigenvalue weighted by atomic mass is 9.73. The van der Waals surface area contributed by atoms with Crippen molar-refractivity contribution in [3.63, 3.8) is 0 Å². The van der Waals surface area contributed by atoms with Gasteiger partial charge in [-0.25, -0.2) is 4.79 Å². The van der Waals surface area contributed by atoms with Gasteiger partial charge in [0.1, 0.15) is 11.6 Å². The number of ether oxygens (including phenoxy) is 1. The minimum Gasteiger partial charge on any atom is -0.444 e. The van der Waals surface area contributed by atoms with Crippen molar-refractivity contribution in [3.8, 4) is 0 Å². The number of imide groups is 1. The van der Waals surface area contributed by atoms with E-state index in [1.807, 2.05) is 13.8 Å². The average Bonchev–Trinajstić information content (AvgIpc) is 3.35. The van der Waals surface area contributed by atoms with E-state index in [2.05, 4.69) is 5.32 Å². The fourth-order valence-electron chi connectivity index (χ4n) is 5.45. The van der Waals surface area contributed by atoms with Crippen LogP contribution in [0.1, 0.15) is 73.1 Å². The molecule has 2 saturated carbocycles. The molecule has 4 atom stereocenters. The van der Waals surface area contributed by atoms with Crippen LogP contribution in [0.5, 0.6) is 0 Å². The fourth-order valence-corrected chi connectivity index (χ4v) is 5.45. The normalized spacial score (nSPS) is 29.1. The molecule has 0 aromatic heterocycles. The molecular weight excluding hydrogens is 410 g/mol. The molecule has 2 heterocycles. The van der Waals surface area contributed by atoms with Gasteiger partial charge in [-0.15, -0.1) is 0 Å². The molecular formula is C24H37N3O5. The molecule has 32 heavy (non-hydrogen) atoms. The monoisotopic (exact) mass is 447 g/mol. The van der Waals surface area contributed by atoms with E-state index in [0.717, 1.165) is 32.1 Å². The lowest BCUT2D eigenvalue weighted by Gasteiger charge is -2.38. The number of carbonyl (C=O) groups is 4. The van der Waals surface area contributed by atoms with Crippen molar-refractivity contribution in [2.45, 2.75) is 96.9 Å². The number of carbonyl (C=O) groups excluding carboxylic acids is 4. The third-order valence-electron chi connectivity index (χ3n) is 7.35. The molecule has 4 amide bonds. The van der Waals surface area contributed by atoms with Crippen molar-refractivity contribution >= 4 is 23.8 Å². The third kappa shape index (κ3) is 4.25. The zero-order valence-electron chi connectivity index (χ0n) is 19.9. The van der Waals surface area contributed by atoms with Gasteiger partial charge in [0.05, 0.1) is 18.0 Å². The Hall–Kier alpha value is -2.12. The largest absolute Gasteiger partial charge is 0.444 e. The zero-order chi connectivity index (χ0) is 23.4. The van der Waals surface area contributed by atoms with Crippen molar-refractivity contribution in [2.75, 3.05) is 6.54 Å². The maximum absolute atomic E-state index is 13.7. The molecule has 2 saturated heterocycles. The van der Waals surface area contributed by atoms with Crippen LogP contribution in [0.25, 0.3) is 0 Å². The molecule has 178 valence electrons. The van der Waals surface area contributed by atoms with Crippen molar-refractivity contribution in [1.82, 2.24) is 15.1 Å². The SMILES string of the molecule is CC(C)[C@H](NC(=O)OC(C)(C)C)C(=O)N1CC[C@H]2[C@H]1C(C1CCC1)C(=O)N2C(=O)C1CC1. The van der Waals surface area contributed by atoms with E-state index in [1.165, 1.54) is 4.90 Å². The number of rotatable bonds is 5. The molecule has 4 fully saturated rings. The van der Waals surface area contributed by atoms with Gasteiger partial charge >= 0.3 is 6.09 Å². The van der Waals surface area contributed by atoms with E-state index in [4.69, 9.17) is 4.74 Å². The Morgan fingerprint density at radius 3 is 2.22 bits per heavy atom. The molecule has 0 bridgehead atoms. The summed E-state index contributed by atoms with van der Waals surface area (Å²) in [4.78, 5) is 55.8. The van der Waals surface area contributed by atoms with E-state index in [1.54, 1.807) is 25.7 Å². The molecule has 2 aliphatic heterocycles. The fraction of sp³-hybridized carbons (Fsp3) is 0.833. The van der Waals surface area contributed by atoms with Crippen LogP contribution in [0.2, 0.25) is 0 Å². The van der Waals surface area contributed by atoms with Crippen LogP contribution in [-0.4, -0.2) is 63.9 Å². The number of fused-ring (bicyclic) bond motifs is 1. The summed E-state index contributed by atoms with van der Waals surface area (Å²) in [5.74, 6) is -0.557. The summed E-state index contributed by atoms with van der Waals surface area (Å²) in [6.07, 6.45) is 4.72. The summed E-state index contributed by atoms with van der Waals surface area (Å²) >= 11 is 0. The van der Waals surface area contributed by atoms with Crippen molar-refractivity contribution in [2.24, 2.45) is 23.7 Å². The second kappa shape index (κ2) is 8.34. The lowest BCUT2D eigenvalue weighted by molar-refractivity contribution is -0.147. The molecule has 0 aromatic rings. The molecule has 1 unspecified atom stereocenters. The Balaban J connectivity index is 1.56. The van der Waals surface area contributed by atoms with Gasteiger partial charge in [-0.1, -0.05) is 20.3 Å². The number of hydrogen-bond acceptors (Lipinski definition) is 5. The van der Waals surface area contributed by atoms with Crippen LogP contribution >= 0.6 is 0 Å². The smallest absolute Gasteiger partial charge is 0.408 e. The summed E-state index contributed by atoms with van der Waals surface area (Å²) < 4.78 is 5.37. The standard InChI is InChI=1S/C24H37N3O5/c1-13(2)18(25-23(31)32-24(3,4)5)22(30)26-12-11-16-19(26)17(14-7-6-8-14)21(29)27(16)20(28)15-9-10-15/h13-19H,6-12H2,1-5H3,(H,25,31)/t16-,17?,18-,19-/m0/s1. The maximum Gasteiger partial charge on any atom is 0.408 e. The maximum atomic E-state index is 13.7. The van der Waals surface area contributed by atoms with Gasteiger partial charge in [0.15, 0.2) is 0 Å². The van der Waals surface area contributed by atoms with Crippen molar-refractivity contribution in [1.29, 1.82) is 0 Å². The Morgan fingerprint density at radius 1 is 1.06 bits per heavy atom. The molecule has 0 aromatic carbocycles. The molecule has 0 spiro atoms. The second-order valence-corrected chi connectivity index (χ2v) is 11.3. The number of nitrogens with zero attached hydrogens (tertiary/aromatic N) is 2. The van der Waals surface area contributed by atoms with Crippen LogP contribution in [0.15, 0.2) is 0 Å². The number of nitrogens with one attached hydrogen (secondary N) is 1. The number of hydrogen-bond donors (Lipinski definition) is 1. The minimum atomic E-state index is -0.742. The summed E-state index contributed by atoms with van der Waals surface area (Å²) in [5.41, 5.74) is -0.662. The van der Waals surface area contributed by atoms with E-state index < -0.39 is 17.7 Å². The Kier molecular flexibility index (Phi) is 6.01. The van der Waals surface area contributed by atoms with Crippen molar-refractivity contribution in [3.05, 3.63) is 0 Å². The van der Waals surface area contributed by atoms with Gasteiger partial charge in [-0.2, -0.15) is 0 Å². The quantitative estimate of drug-likeness (QED) is 0.654. The van der Waals surface area contributed by atoms with E-state index in [-0.39, 0.29) is 53.5 Å². The predicted octanol–water partition coefficient (Wildman–Crippen LogP) is 2.70. The summed E-state index contributed by atoms with van der Waals surface area (Å²) in [6, 6.07) is -1.27. The third-order valence-corrected chi connectivity index (χ3v) is 7.35. The molecule has 1 N–H and O–H groups in total. The van der Waals surface area contributed by atoms with Crippen LogP contribution in [0.3, 0.4) is 0 Å². The van der Waals surface area contributed by atoms with Crippen molar-refractivity contribution < 1.29 is 23.9 Å². The average molecular weight is 448 g/mol. The second-order valence-electron chi connectivity index (χ2n) is 11.3. The first-order valence-electron chi connectivity index (χ1n) is 12.2. The number of amides is 4. The van der Waals surface area contributed by atoms with Gasteiger partial charge in [0.2, 0.25) is 17.7 Å². The van der Waals surface area contributed by atoms with E-state index >= 15 is 0 Å². The summed E-state index contributed by atoms with van der Waals surface area (Å²) in [5, 5.41) is 2.76. The molecule has 0 radical (unpaired) electrons. The highest BCUT2D eigenvalue weighted by atomic mass is 16.6. The van der Waals surface area contributed by atoms with Crippen LogP contribution < -0.4 is 5.32 Å². The molecule has 2 aliphatic carbocycles. The Labute approximate surface area is 190 Å². The van der Waals surface area contributed by atoms with E-state index in [0.29, 0.717) is 13.0 Å². The van der Waals surface area contributed by atoms with Gasteiger partial charge in [-0.05, 0) is 64.7 Å². The number of alkyl carbamates (subject to hydrolysis) is 1. The van der Waals surface area contributed by atoms with Crippen LogP contribution in [0, 0.1) is 23.7 Å². The summed E-state index contributed by atoms with van der Waals surface area (Å²) in [7, 11) is 0. The van der Waals surface area contributed by atoms with Gasteiger partial charge in [-0.3, -0.25) is 19.3 Å². The van der Waals surface area contributed by atoms with Gasteiger partial charge < -0.3 is 15.0 Å². The Bertz CT molecular complexity index is 796. The van der Waals surface area contributed by atoms with Crippen LogP contribution in [-0.2, 0) is 19.1 Å². The molecule has 8 heteroatoms. The first-order valence-corrected chi connectivity index (χ1v) is 12.2. The topological polar surface area (TPSA) is 96.0 Å². The highest BCUT2D eigenvalue weighted by Crippen LogP contribution is 2.48. The summed E-state index contributed by atoms with van der Waals surface area (Å²) in [6.45, 7) is 9.62. The molecule has 8 nitrogen and oxygen atoms in total. The predicted molar refractivity (Wildman–Crippen MR) is 117 cm³/mol. The van der Waals surface area contributed by atoms with Gasteiger partial charge in [0.25, 0.3) is 0 Å². The van der Waals surface area contributed by atoms with E-state index in [9.17, 15) is 19.2 Å². The number of likely N-dealkylation sites (tertiary alicyclic amines) is 2. The first-order chi connectivity index (χ1) is 15.0. The minimum absolute atomic E-state index is 0.0262. The first kappa shape index (κ1) is 23.1. The highest BCUT2D eigenvalue weighted by Gasteiger charge is 2.60. The highest BCUT2D eigenvalue weighted by molar-refractivity contribution is 6.02. The Morgan fingerprint density at radius 2 is 1.72 bits per heavy atom. The lowest BCUT2D eigenvalue weighted by Crippen LogP contribution is -2.55. The zero-order valence-corrected chi connectivity index (χ0v) is 19.9. The molecule has 4 aliphatic rings. The van der Waals surface area contributed by atoms with Crippen LogP contribution in [0.4, 0.5) is 4.79 Å². The molecule has 4 rings (SSSR count). The van der Waals surface area contributed by atoms with Gasteiger partial charge in [0, 0.05) is 12.5 Å².